The van der Waals surface area contributed by atoms with Crippen LogP contribution in [-0.2, 0) is 6.42 Å². The number of halogens is 1. The molecule has 104 valence electrons. The fraction of sp³-hybridized carbons (Fsp3) is 0.250. The first-order chi connectivity index (χ1) is 9.72. The molecule has 20 heavy (non-hydrogen) atoms. The summed E-state index contributed by atoms with van der Waals surface area (Å²) in [6.45, 7) is 1.19. The SMILES string of the molecule is NC(Cc1ccc(Cl)cc1)c1ccc2c(c1)OCCO2. The number of hydrogen-bond donors (Lipinski definition) is 1. The quantitative estimate of drug-likeness (QED) is 0.942. The minimum Gasteiger partial charge on any atom is -0.486 e. The summed E-state index contributed by atoms with van der Waals surface area (Å²) in [5.74, 6) is 1.57. The van der Waals surface area contributed by atoms with Crippen LogP contribution in [0.3, 0.4) is 0 Å². The van der Waals surface area contributed by atoms with Crippen molar-refractivity contribution in [1.29, 1.82) is 0 Å². The Bertz CT molecular complexity index is 598. The highest BCUT2D eigenvalue weighted by Crippen LogP contribution is 2.32. The van der Waals surface area contributed by atoms with E-state index in [9.17, 15) is 0 Å². The molecule has 1 unspecified atom stereocenters. The molecule has 3 rings (SSSR count). The summed E-state index contributed by atoms with van der Waals surface area (Å²) >= 11 is 5.88. The molecule has 2 aromatic carbocycles. The number of fused-ring (bicyclic) bond motifs is 1. The summed E-state index contributed by atoms with van der Waals surface area (Å²) in [5, 5.41) is 0.738. The number of nitrogens with two attached hydrogens (primary N) is 1. The first kappa shape index (κ1) is 13.3. The molecular formula is C16H16ClNO2. The van der Waals surface area contributed by atoms with Gasteiger partial charge in [-0.25, -0.2) is 0 Å². The van der Waals surface area contributed by atoms with Gasteiger partial charge in [0, 0.05) is 11.1 Å². The van der Waals surface area contributed by atoms with Crippen LogP contribution < -0.4 is 15.2 Å². The third kappa shape index (κ3) is 2.89. The smallest absolute Gasteiger partial charge is 0.161 e. The van der Waals surface area contributed by atoms with E-state index >= 15 is 0 Å². The van der Waals surface area contributed by atoms with Crippen molar-refractivity contribution in [3.63, 3.8) is 0 Å². The summed E-state index contributed by atoms with van der Waals surface area (Å²) in [6.07, 6.45) is 0.761. The molecule has 3 nitrogen and oxygen atoms in total. The van der Waals surface area contributed by atoms with Gasteiger partial charge in [-0.1, -0.05) is 29.8 Å². The lowest BCUT2D eigenvalue weighted by Crippen LogP contribution is -2.17. The lowest BCUT2D eigenvalue weighted by Gasteiger charge is -2.20. The molecule has 0 saturated heterocycles. The third-order valence-electron chi connectivity index (χ3n) is 3.36. The van der Waals surface area contributed by atoms with Crippen LogP contribution in [-0.4, -0.2) is 13.2 Å². The number of rotatable bonds is 3. The van der Waals surface area contributed by atoms with Crippen molar-refractivity contribution in [2.24, 2.45) is 5.73 Å². The number of benzene rings is 2. The zero-order valence-electron chi connectivity index (χ0n) is 11.0. The van der Waals surface area contributed by atoms with Crippen LogP contribution in [0.25, 0.3) is 0 Å². The Morgan fingerprint density at radius 2 is 1.70 bits per heavy atom. The van der Waals surface area contributed by atoms with Crippen molar-refractivity contribution < 1.29 is 9.47 Å². The standard InChI is InChI=1S/C16H16ClNO2/c17-13-4-1-11(2-5-13)9-14(18)12-3-6-15-16(10-12)20-8-7-19-15/h1-6,10,14H,7-9,18H2. The van der Waals surface area contributed by atoms with Crippen molar-refractivity contribution in [1.82, 2.24) is 0 Å². The minimum absolute atomic E-state index is 0.0768. The molecule has 0 bridgehead atoms. The zero-order chi connectivity index (χ0) is 13.9. The van der Waals surface area contributed by atoms with Gasteiger partial charge in [-0.15, -0.1) is 0 Å². The lowest BCUT2D eigenvalue weighted by molar-refractivity contribution is 0.171. The largest absolute Gasteiger partial charge is 0.486 e. The summed E-state index contributed by atoms with van der Waals surface area (Å²) in [5.41, 5.74) is 8.48. The lowest BCUT2D eigenvalue weighted by atomic mass is 9.99. The predicted molar refractivity (Wildman–Crippen MR) is 79.5 cm³/mol. The maximum atomic E-state index is 6.27. The summed E-state index contributed by atoms with van der Waals surface area (Å²) in [4.78, 5) is 0. The van der Waals surface area contributed by atoms with E-state index in [2.05, 4.69) is 0 Å². The molecule has 0 aromatic heterocycles. The molecule has 0 fully saturated rings. The molecule has 2 aromatic rings. The van der Waals surface area contributed by atoms with E-state index in [-0.39, 0.29) is 6.04 Å². The van der Waals surface area contributed by atoms with Crippen LogP contribution in [0, 0.1) is 0 Å². The van der Waals surface area contributed by atoms with E-state index in [1.165, 1.54) is 0 Å². The normalized spacial score (nSPS) is 14.9. The van der Waals surface area contributed by atoms with Gasteiger partial charge in [0.25, 0.3) is 0 Å². The van der Waals surface area contributed by atoms with E-state index in [1.807, 2.05) is 42.5 Å². The Morgan fingerprint density at radius 1 is 1.00 bits per heavy atom. The van der Waals surface area contributed by atoms with E-state index in [0.29, 0.717) is 13.2 Å². The Labute approximate surface area is 123 Å². The van der Waals surface area contributed by atoms with Gasteiger partial charge in [0.05, 0.1) is 0 Å². The molecule has 4 heteroatoms. The van der Waals surface area contributed by atoms with Crippen molar-refractivity contribution in [3.05, 3.63) is 58.6 Å². The van der Waals surface area contributed by atoms with Crippen molar-refractivity contribution in [2.75, 3.05) is 13.2 Å². The Morgan fingerprint density at radius 3 is 2.45 bits per heavy atom. The van der Waals surface area contributed by atoms with Gasteiger partial charge < -0.3 is 15.2 Å². The second-order valence-corrected chi connectivity index (χ2v) is 5.28. The molecule has 2 N–H and O–H groups in total. The van der Waals surface area contributed by atoms with Crippen molar-refractivity contribution in [2.45, 2.75) is 12.5 Å². The number of hydrogen-bond acceptors (Lipinski definition) is 3. The highest BCUT2D eigenvalue weighted by molar-refractivity contribution is 6.30. The van der Waals surface area contributed by atoms with Gasteiger partial charge in [0.2, 0.25) is 0 Å². The summed E-state index contributed by atoms with van der Waals surface area (Å²) in [7, 11) is 0. The maximum absolute atomic E-state index is 6.27. The van der Waals surface area contributed by atoms with E-state index < -0.39 is 0 Å². The molecule has 0 saturated carbocycles. The fourth-order valence-electron chi connectivity index (χ4n) is 2.28. The van der Waals surface area contributed by atoms with Crippen molar-refractivity contribution in [3.8, 4) is 11.5 Å². The molecule has 1 aliphatic heterocycles. The second kappa shape index (κ2) is 5.73. The van der Waals surface area contributed by atoms with Crippen LogP contribution in [0.1, 0.15) is 17.2 Å². The molecule has 1 aliphatic rings. The van der Waals surface area contributed by atoms with E-state index in [0.717, 1.165) is 34.1 Å². The van der Waals surface area contributed by atoms with E-state index in [4.69, 9.17) is 26.8 Å². The Balaban J connectivity index is 1.76. The topological polar surface area (TPSA) is 44.5 Å². The van der Waals surface area contributed by atoms with Gasteiger partial charge in [0.15, 0.2) is 11.5 Å². The average molecular weight is 290 g/mol. The van der Waals surface area contributed by atoms with Crippen LogP contribution >= 0.6 is 11.6 Å². The van der Waals surface area contributed by atoms with Gasteiger partial charge in [0.1, 0.15) is 13.2 Å². The van der Waals surface area contributed by atoms with Crippen molar-refractivity contribution >= 4 is 11.6 Å². The maximum Gasteiger partial charge on any atom is 0.161 e. The highest BCUT2D eigenvalue weighted by Gasteiger charge is 2.15. The van der Waals surface area contributed by atoms with E-state index in [1.54, 1.807) is 0 Å². The van der Waals surface area contributed by atoms with Crippen LogP contribution in [0.15, 0.2) is 42.5 Å². The minimum atomic E-state index is -0.0768. The first-order valence-electron chi connectivity index (χ1n) is 6.62. The molecule has 0 aliphatic carbocycles. The Hall–Kier alpha value is -1.71. The molecular weight excluding hydrogens is 274 g/mol. The average Bonchev–Trinajstić information content (AvgIpc) is 2.49. The first-order valence-corrected chi connectivity index (χ1v) is 7.00. The third-order valence-corrected chi connectivity index (χ3v) is 3.62. The van der Waals surface area contributed by atoms with Crippen LogP contribution in [0.2, 0.25) is 5.02 Å². The van der Waals surface area contributed by atoms with Gasteiger partial charge in [-0.3, -0.25) is 0 Å². The molecule has 0 radical (unpaired) electrons. The Kier molecular flexibility index (Phi) is 3.81. The molecule has 1 atom stereocenters. The molecule has 1 heterocycles. The molecule has 0 amide bonds. The van der Waals surface area contributed by atoms with Crippen LogP contribution in [0.4, 0.5) is 0 Å². The summed E-state index contributed by atoms with van der Waals surface area (Å²) in [6, 6.07) is 13.6. The van der Waals surface area contributed by atoms with Crippen LogP contribution in [0.5, 0.6) is 11.5 Å². The van der Waals surface area contributed by atoms with Gasteiger partial charge in [-0.2, -0.15) is 0 Å². The van der Waals surface area contributed by atoms with Gasteiger partial charge in [-0.05, 0) is 41.8 Å². The highest BCUT2D eigenvalue weighted by atomic mass is 35.5. The van der Waals surface area contributed by atoms with Gasteiger partial charge >= 0.3 is 0 Å². The number of ether oxygens (including phenoxy) is 2. The fourth-order valence-corrected chi connectivity index (χ4v) is 2.41. The second-order valence-electron chi connectivity index (χ2n) is 4.84. The monoisotopic (exact) mass is 289 g/mol. The molecule has 0 spiro atoms. The predicted octanol–water partition coefficient (Wildman–Crippen LogP) is 3.35. The summed E-state index contributed by atoms with van der Waals surface area (Å²) < 4.78 is 11.1. The zero-order valence-corrected chi connectivity index (χ0v) is 11.8.